The SMILES string of the molecule is c1ccc(-c2ccc(N(c3ccc(-c4cccc5oc6cc7c(cc6c45)-c4ccccc4C7(c4ccccc4)c4ccccc4)cc3)c3cccc4c3sc3ccccc34)cc2)cc1. The van der Waals surface area contributed by atoms with Crippen LogP contribution in [0, 0.1) is 0 Å². The van der Waals surface area contributed by atoms with Crippen LogP contribution in [-0.4, -0.2) is 0 Å². The first-order valence-electron chi connectivity index (χ1n) is 21.9. The molecule has 0 N–H and O–H groups in total. The Labute approximate surface area is 375 Å². The number of rotatable bonds is 7. The van der Waals surface area contributed by atoms with Gasteiger partial charge in [0.2, 0.25) is 0 Å². The Hall–Kier alpha value is -7.98. The minimum atomic E-state index is -0.492. The molecule has 1 aliphatic carbocycles. The zero-order valence-corrected chi connectivity index (χ0v) is 35.6. The molecule has 0 saturated carbocycles. The average molecular weight is 834 g/mol. The standard InChI is InChI=1S/C61H39NOS/c1-4-16-40(17-5-1)41-30-34-45(35-31-41)62(55-27-14-25-50-49-23-11-13-29-58(49)64-60(50)55)46-36-32-42(33-37-46)47-24-15-28-56-59(47)52-38-51-48-22-10-12-26-53(48)61(43-18-6-2-7-19-43,44-20-8-3-9-21-44)54(51)39-57(52)63-56/h1-39H. The summed E-state index contributed by atoms with van der Waals surface area (Å²) in [5, 5.41) is 4.82. The predicted octanol–water partition coefficient (Wildman–Crippen LogP) is 17.1. The minimum absolute atomic E-state index is 0.492. The fraction of sp³-hybridized carbons (Fsp3) is 0.0164. The first-order valence-corrected chi connectivity index (χ1v) is 22.7. The second-order valence-corrected chi connectivity index (χ2v) is 17.8. The molecule has 13 rings (SSSR count). The van der Waals surface area contributed by atoms with Gasteiger partial charge in [0.15, 0.2) is 0 Å². The fourth-order valence-electron chi connectivity index (χ4n) is 10.6. The molecule has 2 aromatic heterocycles. The maximum Gasteiger partial charge on any atom is 0.136 e. The maximum absolute atomic E-state index is 6.88. The third-order valence-corrected chi connectivity index (χ3v) is 14.6. The van der Waals surface area contributed by atoms with Crippen molar-refractivity contribution in [3.05, 3.63) is 259 Å². The zero-order chi connectivity index (χ0) is 42.2. The van der Waals surface area contributed by atoms with E-state index in [2.05, 4.69) is 241 Å². The molecule has 10 aromatic carbocycles. The molecule has 2 nitrogen and oxygen atoms in total. The Morgan fingerprint density at radius 3 is 1.69 bits per heavy atom. The molecular formula is C61H39NOS. The molecular weight excluding hydrogens is 795 g/mol. The third-order valence-electron chi connectivity index (χ3n) is 13.4. The highest BCUT2D eigenvalue weighted by Gasteiger charge is 2.46. The van der Waals surface area contributed by atoms with E-state index in [0.29, 0.717) is 0 Å². The van der Waals surface area contributed by atoms with Crippen LogP contribution in [0.15, 0.2) is 241 Å². The van der Waals surface area contributed by atoms with Crippen LogP contribution in [0.1, 0.15) is 22.3 Å². The highest BCUT2D eigenvalue weighted by molar-refractivity contribution is 7.26. The van der Waals surface area contributed by atoms with Crippen molar-refractivity contribution in [3.63, 3.8) is 0 Å². The number of hydrogen-bond acceptors (Lipinski definition) is 3. The van der Waals surface area contributed by atoms with Gasteiger partial charge in [-0.2, -0.15) is 0 Å². The van der Waals surface area contributed by atoms with Crippen LogP contribution in [0.4, 0.5) is 17.1 Å². The molecule has 0 radical (unpaired) electrons. The van der Waals surface area contributed by atoms with Crippen LogP contribution in [-0.2, 0) is 5.41 Å². The molecule has 0 saturated heterocycles. The van der Waals surface area contributed by atoms with Crippen LogP contribution >= 0.6 is 11.3 Å². The number of thiophene rings is 1. The number of furan rings is 1. The Morgan fingerprint density at radius 2 is 0.953 bits per heavy atom. The Morgan fingerprint density at radius 1 is 0.375 bits per heavy atom. The van der Waals surface area contributed by atoms with Gasteiger partial charge in [-0.05, 0) is 110 Å². The molecule has 0 unspecified atom stereocenters. The van der Waals surface area contributed by atoms with Gasteiger partial charge in [-0.3, -0.25) is 0 Å². The summed E-state index contributed by atoms with van der Waals surface area (Å²) in [5.41, 5.74) is 16.9. The summed E-state index contributed by atoms with van der Waals surface area (Å²) in [5.74, 6) is 0. The summed E-state index contributed by atoms with van der Waals surface area (Å²) in [6.07, 6.45) is 0. The fourth-order valence-corrected chi connectivity index (χ4v) is 11.8. The van der Waals surface area contributed by atoms with E-state index in [1.165, 1.54) is 64.7 Å². The first kappa shape index (κ1) is 36.7. The van der Waals surface area contributed by atoms with Gasteiger partial charge in [-0.15, -0.1) is 11.3 Å². The zero-order valence-electron chi connectivity index (χ0n) is 34.8. The van der Waals surface area contributed by atoms with Gasteiger partial charge < -0.3 is 9.32 Å². The third kappa shape index (κ3) is 5.51. The smallest absolute Gasteiger partial charge is 0.136 e. The molecule has 64 heavy (non-hydrogen) atoms. The number of fused-ring (bicyclic) bond motifs is 9. The summed E-state index contributed by atoms with van der Waals surface area (Å²) < 4.78 is 9.44. The molecule has 0 bridgehead atoms. The summed E-state index contributed by atoms with van der Waals surface area (Å²) in [6, 6.07) is 86.2. The second-order valence-electron chi connectivity index (χ2n) is 16.7. The molecule has 300 valence electrons. The largest absolute Gasteiger partial charge is 0.456 e. The molecule has 0 aliphatic heterocycles. The lowest BCUT2D eigenvalue weighted by Gasteiger charge is -2.33. The van der Waals surface area contributed by atoms with Gasteiger partial charge in [-0.25, -0.2) is 0 Å². The van der Waals surface area contributed by atoms with Crippen LogP contribution < -0.4 is 4.90 Å². The lowest BCUT2D eigenvalue weighted by Crippen LogP contribution is -2.28. The van der Waals surface area contributed by atoms with E-state index in [9.17, 15) is 0 Å². The van der Waals surface area contributed by atoms with Gasteiger partial charge in [0.1, 0.15) is 11.2 Å². The van der Waals surface area contributed by atoms with Crippen LogP contribution in [0.25, 0.3) is 75.5 Å². The van der Waals surface area contributed by atoms with E-state index in [1.807, 2.05) is 11.3 Å². The van der Waals surface area contributed by atoms with Crippen molar-refractivity contribution < 1.29 is 4.42 Å². The summed E-state index contributed by atoms with van der Waals surface area (Å²) in [7, 11) is 0. The van der Waals surface area contributed by atoms with E-state index in [0.717, 1.165) is 50.1 Å². The summed E-state index contributed by atoms with van der Waals surface area (Å²) in [4.78, 5) is 2.41. The van der Waals surface area contributed by atoms with E-state index in [4.69, 9.17) is 4.42 Å². The summed E-state index contributed by atoms with van der Waals surface area (Å²) >= 11 is 1.86. The van der Waals surface area contributed by atoms with E-state index >= 15 is 0 Å². The number of hydrogen-bond donors (Lipinski definition) is 0. The molecule has 2 heterocycles. The van der Waals surface area contributed by atoms with E-state index in [1.54, 1.807) is 0 Å². The molecule has 0 fully saturated rings. The van der Waals surface area contributed by atoms with Crippen molar-refractivity contribution in [2.24, 2.45) is 0 Å². The number of anilines is 3. The van der Waals surface area contributed by atoms with Crippen molar-refractivity contribution in [1.82, 2.24) is 0 Å². The molecule has 0 amide bonds. The highest BCUT2D eigenvalue weighted by Crippen LogP contribution is 2.57. The van der Waals surface area contributed by atoms with Crippen molar-refractivity contribution in [2.75, 3.05) is 4.90 Å². The van der Waals surface area contributed by atoms with Crippen molar-refractivity contribution in [3.8, 4) is 33.4 Å². The Bertz CT molecular complexity index is 3660. The Balaban J connectivity index is 0.968. The quantitative estimate of drug-likeness (QED) is 0.159. The maximum atomic E-state index is 6.88. The molecule has 3 heteroatoms. The lowest BCUT2D eigenvalue weighted by atomic mass is 9.67. The lowest BCUT2D eigenvalue weighted by molar-refractivity contribution is 0.666. The molecule has 0 spiro atoms. The average Bonchev–Trinajstić information content (AvgIpc) is 4.03. The van der Waals surface area contributed by atoms with Crippen LogP contribution in [0.5, 0.6) is 0 Å². The Kier molecular flexibility index (Phi) is 8.34. The van der Waals surface area contributed by atoms with Crippen LogP contribution in [0.3, 0.4) is 0 Å². The van der Waals surface area contributed by atoms with E-state index < -0.39 is 5.41 Å². The number of benzene rings is 10. The second kappa shape index (κ2) is 14.6. The topological polar surface area (TPSA) is 16.4 Å². The van der Waals surface area contributed by atoms with Crippen LogP contribution in [0.2, 0.25) is 0 Å². The first-order chi connectivity index (χ1) is 31.7. The van der Waals surface area contributed by atoms with Crippen molar-refractivity contribution >= 4 is 70.5 Å². The van der Waals surface area contributed by atoms with E-state index in [-0.39, 0.29) is 0 Å². The van der Waals surface area contributed by atoms with Crippen molar-refractivity contribution in [2.45, 2.75) is 5.41 Å². The predicted molar refractivity (Wildman–Crippen MR) is 269 cm³/mol. The molecule has 1 aliphatic rings. The van der Waals surface area contributed by atoms with Gasteiger partial charge >= 0.3 is 0 Å². The normalized spacial score (nSPS) is 12.8. The van der Waals surface area contributed by atoms with Crippen molar-refractivity contribution in [1.29, 1.82) is 0 Å². The van der Waals surface area contributed by atoms with Gasteiger partial charge in [0.25, 0.3) is 0 Å². The highest BCUT2D eigenvalue weighted by atomic mass is 32.1. The molecule has 12 aromatic rings. The van der Waals surface area contributed by atoms with Gasteiger partial charge in [0.05, 0.1) is 15.8 Å². The van der Waals surface area contributed by atoms with Gasteiger partial charge in [-0.1, -0.05) is 182 Å². The monoisotopic (exact) mass is 833 g/mol. The molecule has 0 atom stereocenters. The summed E-state index contributed by atoms with van der Waals surface area (Å²) in [6.45, 7) is 0. The number of nitrogens with zero attached hydrogens (tertiary/aromatic N) is 1. The minimum Gasteiger partial charge on any atom is -0.456 e. The van der Waals surface area contributed by atoms with Gasteiger partial charge in [0, 0.05) is 37.6 Å².